The topological polar surface area (TPSA) is 111 Å². The number of aromatic nitrogens is 1. The Hall–Kier alpha value is -4.09. The molecule has 4 aromatic rings. The number of amides is 4. The van der Waals surface area contributed by atoms with E-state index in [0.717, 1.165) is 47.4 Å². The Morgan fingerprint density at radius 3 is 2.31 bits per heavy atom. The Bertz CT molecular complexity index is 1670. The Morgan fingerprint density at radius 2 is 1.65 bits per heavy atom. The summed E-state index contributed by atoms with van der Waals surface area (Å²) in [7, 11) is 3.52. The number of para-hydroxylation sites is 1. The van der Waals surface area contributed by atoms with Gasteiger partial charge in [0.25, 0.3) is 0 Å². The van der Waals surface area contributed by atoms with Crippen molar-refractivity contribution >= 4 is 63.3 Å². The molecule has 256 valence electrons. The highest BCUT2D eigenvalue weighted by molar-refractivity contribution is 6.36. The van der Waals surface area contributed by atoms with Crippen molar-refractivity contribution in [2.75, 3.05) is 50.5 Å². The number of rotatable bonds is 16. The van der Waals surface area contributed by atoms with Crippen molar-refractivity contribution in [2.45, 2.75) is 45.8 Å². The van der Waals surface area contributed by atoms with Crippen LogP contribution in [0.15, 0.2) is 72.9 Å². The third kappa shape index (κ3) is 9.73. The SMILES string of the molecule is CCN(CC)Cc1cn(Cc2c(Cl)cccc2Cl)c2cc(NC(=O)NCC(=O)NC(CCCNC)C(=O)N(C)c3ccccc3)ccc12. The molecule has 1 aromatic heterocycles. The number of fused-ring (bicyclic) bond motifs is 1. The van der Waals surface area contributed by atoms with Crippen LogP contribution in [0.1, 0.15) is 37.8 Å². The molecular weight excluding hydrogens is 649 g/mol. The number of anilines is 2. The summed E-state index contributed by atoms with van der Waals surface area (Å²) in [4.78, 5) is 43.0. The Morgan fingerprint density at radius 1 is 0.938 bits per heavy atom. The fraction of sp³-hybridized carbons (Fsp3) is 0.361. The number of benzene rings is 3. The van der Waals surface area contributed by atoms with Gasteiger partial charge in [0.2, 0.25) is 11.8 Å². The first-order chi connectivity index (χ1) is 23.1. The minimum Gasteiger partial charge on any atom is -0.343 e. The van der Waals surface area contributed by atoms with Gasteiger partial charge in [0.1, 0.15) is 6.04 Å². The van der Waals surface area contributed by atoms with Crippen LogP contribution in [0.3, 0.4) is 0 Å². The molecular formula is C36H45Cl2N7O3. The normalized spacial score (nSPS) is 11.8. The number of carbonyl (C=O) groups excluding carboxylic acids is 3. The second-order valence-corrected chi connectivity index (χ2v) is 12.4. The van der Waals surface area contributed by atoms with E-state index in [1.165, 1.54) is 4.90 Å². The molecule has 3 aromatic carbocycles. The van der Waals surface area contributed by atoms with Crippen molar-refractivity contribution in [3.63, 3.8) is 0 Å². The van der Waals surface area contributed by atoms with E-state index in [-0.39, 0.29) is 12.5 Å². The van der Waals surface area contributed by atoms with Gasteiger partial charge in [0, 0.05) is 52.2 Å². The molecule has 0 spiro atoms. The van der Waals surface area contributed by atoms with Gasteiger partial charge >= 0.3 is 6.03 Å². The fourth-order valence-corrected chi connectivity index (χ4v) is 6.10. The van der Waals surface area contributed by atoms with Gasteiger partial charge in [-0.05, 0) is 81.5 Å². The van der Waals surface area contributed by atoms with E-state index in [1.54, 1.807) is 7.05 Å². The smallest absolute Gasteiger partial charge is 0.319 e. The van der Waals surface area contributed by atoms with Gasteiger partial charge in [0.05, 0.1) is 18.6 Å². The second kappa shape index (κ2) is 17.9. The minimum absolute atomic E-state index is 0.232. The molecule has 1 heterocycles. The average Bonchev–Trinajstić information content (AvgIpc) is 3.43. The van der Waals surface area contributed by atoms with E-state index in [1.807, 2.05) is 73.8 Å². The highest BCUT2D eigenvalue weighted by Crippen LogP contribution is 2.30. The molecule has 0 saturated carbocycles. The summed E-state index contributed by atoms with van der Waals surface area (Å²) in [6.07, 6.45) is 3.25. The molecule has 0 aliphatic heterocycles. The van der Waals surface area contributed by atoms with Crippen LogP contribution in [0, 0.1) is 0 Å². The van der Waals surface area contributed by atoms with E-state index in [0.29, 0.717) is 41.7 Å². The van der Waals surface area contributed by atoms with E-state index < -0.39 is 18.0 Å². The Labute approximate surface area is 292 Å². The molecule has 12 heteroatoms. The first-order valence-corrected chi connectivity index (χ1v) is 17.0. The van der Waals surface area contributed by atoms with Gasteiger partial charge in [-0.25, -0.2) is 4.79 Å². The third-order valence-corrected chi connectivity index (χ3v) is 9.05. The molecule has 0 saturated heterocycles. The molecule has 0 bridgehead atoms. The van der Waals surface area contributed by atoms with Gasteiger partial charge in [-0.2, -0.15) is 0 Å². The van der Waals surface area contributed by atoms with E-state index in [4.69, 9.17) is 23.2 Å². The molecule has 48 heavy (non-hydrogen) atoms. The first-order valence-electron chi connectivity index (χ1n) is 16.2. The number of likely N-dealkylation sites (N-methyl/N-ethyl adjacent to an activating group) is 1. The molecule has 1 atom stereocenters. The lowest BCUT2D eigenvalue weighted by Gasteiger charge is -2.25. The first kappa shape index (κ1) is 36.7. The number of halogens is 2. The highest BCUT2D eigenvalue weighted by atomic mass is 35.5. The summed E-state index contributed by atoms with van der Waals surface area (Å²) in [6, 6.07) is 19.2. The molecule has 4 amide bonds. The summed E-state index contributed by atoms with van der Waals surface area (Å²) in [5.41, 5.74) is 4.16. The number of nitrogens with one attached hydrogen (secondary N) is 4. The van der Waals surface area contributed by atoms with Crippen LogP contribution in [-0.4, -0.2) is 73.6 Å². The lowest BCUT2D eigenvalue weighted by molar-refractivity contribution is -0.127. The van der Waals surface area contributed by atoms with E-state index >= 15 is 0 Å². The number of urea groups is 1. The zero-order chi connectivity index (χ0) is 34.6. The lowest BCUT2D eigenvalue weighted by Crippen LogP contribution is -2.50. The maximum absolute atomic E-state index is 13.3. The zero-order valence-electron chi connectivity index (χ0n) is 28.0. The van der Waals surface area contributed by atoms with Gasteiger partial charge < -0.3 is 30.7 Å². The molecule has 0 aliphatic carbocycles. The average molecular weight is 695 g/mol. The van der Waals surface area contributed by atoms with Crippen LogP contribution in [0.4, 0.5) is 16.2 Å². The summed E-state index contributed by atoms with van der Waals surface area (Å²) in [6.45, 7) is 7.74. The van der Waals surface area contributed by atoms with Crippen LogP contribution in [-0.2, 0) is 22.7 Å². The van der Waals surface area contributed by atoms with Gasteiger partial charge in [-0.1, -0.05) is 67.4 Å². The van der Waals surface area contributed by atoms with Crippen molar-refractivity contribution in [1.82, 2.24) is 25.4 Å². The van der Waals surface area contributed by atoms with Crippen LogP contribution in [0.2, 0.25) is 10.0 Å². The van der Waals surface area contributed by atoms with Crippen LogP contribution < -0.4 is 26.2 Å². The number of hydrogen-bond acceptors (Lipinski definition) is 5. The number of carbonyl (C=O) groups is 3. The summed E-state index contributed by atoms with van der Waals surface area (Å²) < 4.78 is 2.09. The largest absolute Gasteiger partial charge is 0.343 e. The van der Waals surface area contributed by atoms with Crippen LogP contribution >= 0.6 is 23.2 Å². The minimum atomic E-state index is -0.742. The van der Waals surface area contributed by atoms with Crippen molar-refractivity contribution in [2.24, 2.45) is 0 Å². The zero-order valence-corrected chi connectivity index (χ0v) is 29.5. The van der Waals surface area contributed by atoms with Crippen molar-refractivity contribution in [3.8, 4) is 0 Å². The highest BCUT2D eigenvalue weighted by Gasteiger charge is 2.25. The van der Waals surface area contributed by atoms with Crippen LogP contribution in [0.25, 0.3) is 10.9 Å². The maximum Gasteiger partial charge on any atom is 0.319 e. The lowest BCUT2D eigenvalue weighted by atomic mass is 10.1. The summed E-state index contributed by atoms with van der Waals surface area (Å²) in [5, 5.41) is 13.6. The summed E-state index contributed by atoms with van der Waals surface area (Å²) in [5.74, 6) is -0.693. The predicted octanol–water partition coefficient (Wildman–Crippen LogP) is 6.11. The van der Waals surface area contributed by atoms with Gasteiger partial charge in [-0.3, -0.25) is 14.5 Å². The molecule has 0 radical (unpaired) electrons. The molecule has 10 nitrogen and oxygen atoms in total. The standard InChI is InChI=1S/C36H45Cl2N7O3/c1-5-44(6-2)22-25-23-45(24-29-30(37)14-10-15-31(29)38)33-20-26(17-18-28(25)33)41-36(48)40-21-34(46)42-32(16-11-19-39-3)35(47)43(4)27-12-8-7-9-13-27/h7-10,12-15,17-18,20,23,32,39H,5-6,11,16,19,21-22,24H2,1-4H3,(H,42,46)(H2,40,41,48). The molecule has 4 N–H and O–H groups in total. The molecule has 0 aliphatic rings. The number of nitrogens with zero attached hydrogens (tertiary/aromatic N) is 3. The second-order valence-electron chi connectivity index (χ2n) is 11.6. The summed E-state index contributed by atoms with van der Waals surface area (Å²) >= 11 is 13.0. The van der Waals surface area contributed by atoms with Crippen molar-refractivity contribution in [1.29, 1.82) is 0 Å². The molecule has 4 rings (SSSR count). The van der Waals surface area contributed by atoms with E-state index in [2.05, 4.69) is 50.8 Å². The van der Waals surface area contributed by atoms with Gasteiger partial charge in [0.15, 0.2) is 0 Å². The van der Waals surface area contributed by atoms with E-state index in [9.17, 15) is 14.4 Å². The predicted molar refractivity (Wildman–Crippen MR) is 196 cm³/mol. The third-order valence-electron chi connectivity index (χ3n) is 8.34. The van der Waals surface area contributed by atoms with Crippen molar-refractivity contribution < 1.29 is 14.4 Å². The quantitative estimate of drug-likeness (QED) is 0.106. The number of hydrogen-bond donors (Lipinski definition) is 4. The fourth-order valence-electron chi connectivity index (χ4n) is 5.58. The Balaban J connectivity index is 1.45. The Kier molecular flexibility index (Phi) is 13.7. The maximum atomic E-state index is 13.3. The monoisotopic (exact) mass is 693 g/mol. The van der Waals surface area contributed by atoms with Crippen molar-refractivity contribution in [3.05, 3.63) is 94.1 Å². The van der Waals surface area contributed by atoms with Gasteiger partial charge in [-0.15, -0.1) is 0 Å². The molecule has 1 unspecified atom stereocenters. The molecule has 0 fully saturated rings. The van der Waals surface area contributed by atoms with Crippen LogP contribution in [0.5, 0.6) is 0 Å².